The number of anilines is 2. The topological polar surface area (TPSA) is 70.7 Å². The number of carbonyl (C=O) groups excluding carboxylic acids is 2. The molecule has 0 atom stereocenters. The predicted molar refractivity (Wildman–Crippen MR) is 125 cm³/mol. The summed E-state index contributed by atoms with van der Waals surface area (Å²) >= 11 is 0. The van der Waals surface area contributed by atoms with Crippen molar-refractivity contribution in [2.45, 2.75) is 45.4 Å². The molecule has 3 rings (SSSR count). The van der Waals surface area contributed by atoms with Gasteiger partial charge in [-0.25, -0.2) is 0 Å². The van der Waals surface area contributed by atoms with Crippen LogP contribution < -0.4 is 15.4 Å². The van der Waals surface area contributed by atoms with Crippen LogP contribution in [0, 0.1) is 0 Å². The van der Waals surface area contributed by atoms with E-state index in [1.165, 1.54) is 12.8 Å². The molecule has 2 aromatic rings. The molecule has 1 saturated heterocycles. The van der Waals surface area contributed by atoms with Gasteiger partial charge < -0.3 is 20.3 Å². The van der Waals surface area contributed by atoms with E-state index in [1.807, 2.05) is 41.3 Å². The van der Waals surface area contributed by atoms with Crippen molar-refractivity contribution < 1.29 is 14.3 Å². The molecule has 2 aromatic carbocycles. The first kappa shape index (κ1) is 22.7. The van der Waals surface area contributed by atoms with Crippen LogP contribution in [0.5, 0.6) is 5.75 Å². The van der Waals surface area contributed by atoms with Gasteiger partial charge in [0.05, 0.1) is 18.8 Å². The van der Waals surface area contributed by atoms with Gasteiger partial charge in [0.1, 0.15) is 5.75 Å². The van der Waals surface area contributed by atoms with Crippen LogP contribution in [0.25, 0.3) is 0 Å². The Morgan fingerprint density at radius 3 is 2.55 bits per heavy atom. The lowest BCUT2D eigenvalue weighted by Gasteiger charge is -2.20. The van der Waals surface area contributed by atoms with Gasteiger partial charge in [0.2, 0.25) is 5.91 Å². The lowest BCUT2D eigenvalue weighted by molar-refractivity contribution is -0.114. The van der Waals surface area contributed by atoms with E-state index in [0.29, 0.717) is 17.9 Å². The van der Waals surface area contributed by atoms with E-state index in [0.717, 1.165) is 50.2 Å². The molecule has 0 aromatic heterocycles. The molecule has 0 aliphatic carbocycles. The highest BCUT2D eigenvalue weighted by Gasteiger charge is 2.17. The molecule has 2 amide bonds. The van der Waals surface area contributed by atoms with Crippen LogP contribution in [0.1, 0.15) is 55.8 Å². The van der Waals surface area contributed by atoms with Gasteiger partial charge in [-0.05, 0) is 49.6 Å². The highest BCUT2D eigenvalue weighted by atomic mass is 16.5. The molecule has 1 heterocycles. The molecule has 6 heteroatoms. The number of hydrogen-bond donors (Lipinski definition) is 2. The second kappa shape index (κ2) is 12.0. The summed E-state index contributed by atoms with van der Waals surface area (Å²) in [7, 11) is 0. The van der Waals surface area contributed by atoms with E-state index in [-0.39, 0.29) is 18.4 Å². The number of para-hydroxylation sites is 2. The summed E-state index contributed by atoms with van der Waals surface area (Å²) in [5, 5.41) is 6.03. The van der Waals surface area contributed by atoms with Gasteiger partial charge >= 0.3 is 0 Å². The van der Waals surface area contributed by atoms with Gasteiger partial charge in [-0.2, -0.15) is 0 Å². The Balaban J connectivity index is 1.55. The maximum absolute atomic E-state index is 12.8. The average Bonchev–Trinajstić information content (AvgIpc) is 3.08. The zero-order valence-corrected chi connectivity index (χ0v) is 18.4. The number of likely N-dealkylation sites (tertiary alicyclic amines) is 1. The van der Waals surface area contributed by atoms with Gasteiger partial charge in [0.25, 0.3) is 5.91 Å². The summed E-state index contributed by atoms with van der Waals surface area (Å²) in [5.74, 6) is 0.603. The second-order valence-electron chi connectivity index (χ2n) is 7.89. The maximum Gasteiger partial charge on any atom is 0.253 e. The van der Waals surface area contributed by atoms with Crippen molar-refractivity contribution in [3.8, 4) is 5.75 Å². The molecule has 31 heavy (non-hydrogen) atoms. The molecule has 1 aliphatic heterocycles. The van der Waals surface area contributed by atoms with Gasteiger partial charge in [0.15, 0.2) is 0 Å². The Bertz CT molecular complexity index is 861. The molecule has 1 fully saturated rings. The average molecular weight is 424 g/mol. The summed E-state index contributed by atoms with van der Waals surface area (Å²) < 4.78 is 5.80. The fourth-order valence-electron chi connectivity index (χ4n) is 3.63. The zero-order valence-electron chi connectivity index (χ0n) is 18.4. The lowest BCUT2D eigenvalue weighted by Crippen LogP contribution is -2.31. The standard InChI is InChI=1S/C25H33N3O3/c1-2-3-17-31-23-14-7-6-13-22(23)26-19-24(29)27-21-12-10-11-20(18-21)25(30)28-15-8-4-5-9-16-28/h6-7,10-14,18,26H,2-5,8-9,15-17,19H2,1H3,(H,27,29). The molecule has 1 aliphatic rings. The van der Waals surface area contributed by atoms with Crippen LogP contribution in [0.2, 0.25) is 0 Å². The molecule has 0 saturated carbocycles. The summed E-state index contributed by atoms with van der Waals surface area (Å²) in [6.07, 6.45) is 6.52. The van der Waals surface area contributed by atoms with Crippen molar-refractivity contribution in [3.05, 3.63) is 54.1 Å². The molecular weight excluding hydrogens is 390 g/mol. The third-order valence-electron chi connectivity index (χ3n) is 5.37. The number of amides is 2. The van der Waals surface area contributed by atoms with E-state index in [9.17, 15) is 9.59 Å². The Kier molecular flexibility index (Phi) is 8.76. The van der Waals surface area contributed by atoms with E-state index in [1.54, 1.807) is 12.1 Å². The number of carbonyl (C=O) groups is 2. The summed E-state index contributed by atoms with van der Waals surface area (Å²) in [4.78, 5) is 27.2. The fraction of sp³-hybridized carbons (Fsp3) is 0.440. The first-order valence-electron chi connectivity index (χ1n) is 11.3. The van der Waals surface area contributed by atoms with Crippen molar-refractivity contribution in [1.82, 2.24) is 4.90 Å². The molecule has 2 N–H and O–H groups in total. The van der Waals surface area contributed by atoms with Gasteiger partial charge in [-0.3, -0.25) is 9.59 Å². The minimum Gasteiger partial charge on any atom is -0.491 e. The van der Waals surface area contributed by atoms with Crippen LogP contribution in [-0.4, -0.2) is 43.0 Å². The number of hydrogen-bond acceptors (Lipinski definition) is 4. The molecule has 0 bridgehead atoms. The number of nitrogens with one attached hydrogen (secondary N) is 2. The van der Waals surface area contributed by atoms with Crippen LogP contribution >= 0.6 is 0 Å². The Morgan fingerprint density at radius 2 is 1.77 bits per heavy atom. The number of nitrogens with zero attached hydrogens (tertiary/aromatic N) is 1. The molecule has 6 nitrogen and oxygen atoms in total. The number of unbranched alkanes of at least 4 members (excludes halogenated alkanes) is 1. The molecule has 0 unspecified atom stereocenters. The Morgan fingerprint density at radius 1 is 1.00 bits per heavy atom. The van der Waals surface area contributed by atoms with Crippen molar-refractivity contribution in [2.24, 2.45) is 0 Å². The maximum atomic E-state index is 12.8. The fourth-order valence-corrected chi connectivity index (χ4v) is 3.63. The molecule has 166 valence electrons. The van der Waals surface area contributed by atoms with E-state index in [2.05, 4.69) is 17.6 Å². The first-order valence-corrected chi connectivity index (χ1v) is 11.3. The van der Waals surface area contributed by atoms with Crippen LogP contribution in [0.4, 0.5) is 11.4 Å². The normalized spacial score (nSPS) is 13.9. The molecule has 0 spiro atoms. The summed E-state index contributed by atoms with van der Waals surface area (Å²) in [6.45, 7) is 4.49. The first-order chi connectivity index (χ1) is 15.2. The number of benzene rings is 2. The van der Waals surface area contributed by atoms with Crippen LogP contribution in [-0.2, 0) is 4.79 Å². The molecule has 0 radical (unpaired) electrons. The van der Waals surface area contributed by atoms with Crippen LogP contribution in [0.3, 0.4) is 0 Å². The largest absolute Gasteiger partial charge is 0.491 e. The van der Waals surface area contributed by atoms with Crippen molar-refractivity contribution in [3.63, 3.8) is 0 Å². The third kappa shape index (κ3) is 7.02. The highest BCUT2D eigenvalue weighted by molar-refractivity contribution is 5.98. The summed E-state index contributed by atoms with van der Waals surface area (Å²) in [6, 6.07) is 14.8. The van der Waals surface area contributed by atoms with Gasteiger partial charge in [0, 0.05) is 24.3 Å². The van der Waals surface area contributed by atoms with E-state index >= 15 is 0 Å². The van der Waals surface area contributed by atoms with Gasteiger partial charge in [-0.1, -0.05) is 44.4 Å². The quantitative estimate of drug-likeness (QED) is 0.561. The van der Waals surface area contributed by atoms with Crippen molar-refractivity contribution >= 4 is 23.2 Å². The third-order valence-corrected chi connectivity index (χ3v) is 5.37. The zero-order chi connectivity index (χ0) is 21.9. The predicted octanol–water partition coefficient (Wildman–Crippen LogP) is 4.93. The smallest absolute Gasteiger partial charge is 0.253 e. The monoisotopic (exact) mass is 423 g/mol. The van der Waals surface area contributed by atoms with E-state index < -0.39 is 0 Å². The van der Waals surface area contributed by atoms with Crippen LogP contribution in [0.15, 0.2) is 48.5 Å². The summed E-state index contributed by atoms with van der Waals surface area (Å²) in [5.41, 5.74) is 2.03. The second-order valence-corrected chi connectivity index (χ2v) is 7.89. The van der Waals surface area contributed by atoms with Crippen molar-refractivity contribution in [2.75, 3.05) is 36.9 Å². The number of ether oxygens (including phenoxy) is 1. The lowest BCUT2D eigenvalue weighted by atomic mass is 10.1. The number of rotatable bonds is 9. The van der Waals surface area contributed by atoms with Crippen molar-refractivity contribution in [1.29, 1.82) is 0 Å². The van der Waals surface area contributed by atoms with Gasteiger partial charge in [-0.15, -0.1) is 0 Å². The highest BCUT2D eigenvalue weighted by Crippen LogP contribution is 2.24. The minimum absolute atomic E-state index is 0.0364. The van der Waals surface area contributed by atoms with E-state index in [4.69, 9.17) is 4.74 Å². The Hall–Kier alpha value is -3.02. The Labute approximate surface area is 185 Å². The SMILES string of the molecule is CCCCOc1ccccc1NCC(=O)Nc1cccc(C(=O)N2CCCCCC2)c1. The molecular formula is C25H33N3O3. The minimum atomic E-state index is -0.178.